The van der Waals surface area contributed by atoms with Crippen LogP contribution in [0.3, 0.4) is 0 Å². The van der Waals surface area contributed by atoms with E-state index in [0.29, 0.717) is 17.9 Å². The van der Waals surface area contributed by atoms with Gasteiger partial charge < -0.3 is 5.43 Å². The third-order valence-corrected chi connectivity index (χ3v) is 1.77. The number of nitrogens with one attached hydrogen (secondary N) is 1. The third kappa shape index (κ3) is 2.53. The van der Waals surface area contributed by atoms with Crippen LogP contribution in [0.4, 0.5) is 4.39 Å². The zero-order valence-corrected chi connectivity index (χ0v) is 8.34. The number of rotatable bonds is 2. The first kappa shape index (κ1) is 10.7. The molecule has 0 saturated heterocycles. The van der Waals surface area contributed by atoms with E-state index in [0.717, 1.165) is 5.56 Å². The van der Waals surface area contributed by atoms with Crippen molar-refractivity contribution in [3.63, 3.8) is 0 Å². The molecule has 0 heterocycles. The Morgan fingerprint density at radius 1 is 1.50 bits per heavy atom. The van der Waals surface area contributed by atoms with Gasteiger partial charge in [0.05, 0.1) is 0 Å². The standard InChI is InChI=1S/C10H14FN3/c1-3-13-10(14-12)8-4-7(2)5-9(11)6-8/h4-6H,3,12H2,1-2H3,(H,13,14). The molecule has 0 aromatic heterocycles. The Balaban J connectivity index is 3.10. The van der Waals surface area contributed by atoms with Gasteiger partial charge in [0, 0.05) is 12.1 Å². The minimum atomic E-state index is -0.279. The van der Waals surface area contributed by atoms with Crippen LogP contribution in [0.5, 0.6) is 0 Å². The van der Waals surface area contributed by atoms with E-state index < -0.39 is 0 Å². The zero-order chi connectivity index (χ0) is 10.6. The summed E-state index contributed by atoms with van der Waals surface area (Å²) in [6.45, 7) is 4.32. The molecule has 3 N–H and O–H groups in total. The number of amidine groups is 1. The second-order valence-electron chi connectivity index (χ2n) is 2.98. The van der Waals surface area contributed by atoms with Crippen molar-refractivity contribution in [2.45, 2.75) is 13.8 Å². The van der Waals surface area contributed by atoms with Crippen molar-refractivity contribution in [1.82, 2.24) is 5.43 Å². The summed E-state index contributed by atoms with van der Waals surface area (Å²) < 4.78 is 13.0. The lowest BCUT2D eigenvalue weighted by Gasteiger charge is -2.06. The number of hydrogen-bond acceptors (Lipinski definition) is 2. The summed E-state index contributed by atoms with van der Waals surface area (Å²) in [6, 6.07) is 4.70. The molecule has 0 aliphatic carbocycles. The molecule has 0 fully saturated rings. The lowest BCUT2D eigenvalue weighted by atomic mass is 10.1. The molecular formula is C10H14FN3. The van der Waals surface area contributed by atoms with E-state index in [9.17, 15) is 4.39 Å². The summed E-state index contributed by atoms with van der Waals surface area (Å²) in [4.78, 5) is 4.11. The number of halogens is 1. The molecule has 14 heavy (non-hydrogen) atoms. The van der Waals surface area contributed by atoms with E-state index in [1.807, 2.05) is 19.9 Å². The molecule has 1 rings (SSSR count). The average Bonchev–Trinajstić information content (AvgIpc) is 2.12. The molecule has 0 amide bonds. The predicted molar refractivity (Wildman–Crippen MR) is 55.5 cm³/mol. The quantitative estimate of drug-likeness (QED) is 0.324. The van der Waals surface area contributed by atoms with E-state index in [1.165, 1.54) is 12.1 Å². The molecule has 0 unspecified atom stereocenters. The number of aliphatic imine (C=N–C) groups is 1. The van der Waals surface area contributed by atoms with Gasteiger partial charge in [0.15, 0.2) is 0 Å². The van der Waals surface area contributed by atoms with E-state index in [-0.39, 0.29) is 5.82 Å². The van der Waals surface area contributed by atoms with E-state index in [4.69, 9.17) is 5.84 Å². The van der Waals surface area contributed by atoms with Crippen LogP contribution >= 0.6 is 0 Å². The molecule has 0 radical (unpaired) electrons. The van der Waals surface area contributed by atoms with Gasteiger partial charge >= 0.3 is 0 Å². The molecule has 4 heteroatoms. The van der Waals surface area contributed by atoms with E-state index in [1.54, 1.807) is 0 Å². The van der Waals surface area contributed by atoms with Gasteiger partial charge in [-0.2, -0.15) is 0 Å². The smallest absolute Gasteiger partial charge is 0.142 e. The number of hydrogen-bond donors (Lipinski definition) is 2. The summed E-state index contributed by atoms with van der Waals surface area (Å²) in [6.07, 6.45) is 0. The highest BCUT2D eigenvalue weighted by atomic mass is 19.1. The Morgan fingerprint density at radius 3 is 2.71 bits per heavy atom. The van der Waals surface area contributed by atoms with Gasteiger partial charge in [-0.15, -0.1) is 0 Å². The van der Waals surface area contributed by atoms with Gasteiger partial charge in [-0.1, -0.05) is 0 Å². The van der Waals surface area contributed by atoms with Crippen LogP contribution < -0.4 is 11.3 Å². The Hall–Kier alpha value is -1.42. The minimum absolute atomic E-state index is 0.279. The van der Waals surface area contributed by atoms with Crippen molar-refractivity contribution in [2.75, 3.05) is 6.54 Å². The molecule has 0 bridgehead atoms. The fourth-order valence-corrected chi connectivity index (χ4v) is 1.25. The summed E-state index contributed by atoms with van der Waals surface area (Å²) >= 11 is 0. The number of nitrogens with two attached hydrogens (primary N) is 1. The Bertz CT molecular complexity index is 327. The largest absolute Gasteiger partial charge is 0.308 e. The highest BCUT2D eigenvalue weighted by Crippen LogP contribution is 2.08. The normalized spacial score (nSPS) is 11.6. The summed E-state index contributed by atoms with van der Waals surface area (Å²) in [5.41, 5.74) is 3.98. The molecule has 1 aromatic carbocycles. The fourth-order valence-electron chi connectivity index (χ4n) is 1.25. The topological polar surface area (TPSA) is 50.4 Å². The van der Waals surface area contributed by atoms with Crippen molar-refractivity contribution < 1.29 is 4.39 Å². The molecule has 0 atom stereocenters. The van der Waals surface area contributed by atoms with Crippen LogP contribution in [0.2, 0.25) is 0 Å². The maximum atomic E-state index is 13.0. The number of benzene rings is 1. The Morgan fingerprint density at radius 2 is 2.21 bits per heavy atom. The van der Waals surface area contributed by atoms with E-state index in [2.05, 4.69) is 10.4 Å². The number of aryl methyl sites for hydroxylation is 1. The van der Waals surface area contributed by atoms with Crippen LogP contribution in [0.25, 0.3) is 0 Å². The van der Waals surface area contributed by atoms with Crippen molar-refractivity contribution in [2.24, 2.45) is 10.8 Å². The number of hydrazine groups is 1. The van der Waals surface area contributed by atoms with Crippen molar-refractivity contribution in [1.29, 1.82) is 0 Å². The average molecular weight is 195 g/mol. The van der Waals surface area contributed by atoms with Gasteiger partial charge in [0.25, 0.3) is 0 Å². The highest BCUT2D eigenvalue weighted by Gasteiger charge is 2.03. The second-order valence-corrected chi connectivity index (χ2v) is 2.98. The SMILES string of the molecule is CCN=C(NN)c1cc(C)cc(F)c1. The van der Waals surface area contributed by atoms with Crippen LogP contribution in [-0.2, 0) is 0 Å². The molecule has 0 saturated carbocycles. The molecule has 76 valence electrons. The fraction of sp³-hybridized carbons (Fsp3) is 0.300. The molecular weight excluding hydrogens is 181 g/mol. The van der Waals surface area contributed by atoms with Crippen LogP contribution in [0.1, 0.15) is 18.1 Å². The Labute approximate surface area is 82.8 Å². The van der Waals surface area contributed by atoms with Crippen molar-refractivity contribution in [3.05, 3.63) is 35.1 Å². The summed E-state index contributed by atoms with van der Waals surface area (Å²) in [5.74, 6) is 5.52. The lowest BCUT2D eigenvalue weighted by molar-refractivity contribution is 0.626. The van der Waals surface area contributed by atoms with Gasteiger partial charge in [0.2, 0.25) is 0 Å². The van der Waals surface area contributed by atoms with Gasteiger partial charge in [-0.25, -0.2) is 10.2 Å². The molecule has 3 nitrogen and oxygen atoms in total. The minimum Gasteiger partial charge on any atom is -0.308 e. The predicted octanol–water partition coefficient (Wildman–Crippen LogP) is 1.36. The first-order valence-corrected chi connectivity index (χ1v) is 4.46. The number of nitrogens with zero attached hydrogens (tertiary/aromatic N) is 1. The monoisotopic (exact) mass is 195 g/mol. The zero-order valence-electron chi connectivity index (χ0n) is 8.34. The van der Waals surface area contributed by atoms with Crippen molar-refractivity contribution >= 4 is 5.84 Å². The molecule has 1 aromatic rings. The summed E-state index contributed by atoms with van der Waals surface area (Å²) in [7, 11) is 0. The second kappa shape index (κ2) is 4.72. The van der Waals surface area contributed by atoms with Crippen LogP contribution in [-0.4, -0.2) is 12.4 Å². The Kier molecular flexibility index (Phi) is 3.59. The van der Waals surface area contributed by atoms with Crippen LogP contribution in [0.15, 0.2) is 23.2 Å². The van der Waals surface area contributed by atoms with Gasteiger partial charge in [-0.05, 0) is 37.6 Å². The first-order chi connectivity index (χ1) is 6.67. The van der Waals surface area contributed by atoms with E-state index >= 15 is 0 Å². The van der Waals surface area contributed by atoms with Gasteiger partial charge in [-0.3, -0.25) is 4.99 Å². The molecule has 0 aliphatic heterocycles. The van der Waals surface area contributed by atoms with Crippen molar-refractivity contribution in [3.8, 4) is 0 Å². The molecule has 0 aliphatic rings. The maximum Gasteiger partial charge on any atom is 0.142 e. The lowest BCUT2D eigenvalue weighted by Crippen LogP contribution is -2.31. The molecule has 0 spiro atoms. The highest BCUT2D eigenvalue weighted by molar-refractivity contribution is 5.98. The third-order valence-electron chi connectivity index (χ3n) is 1.77. The summed E-state index contributed by atoms with van der Waals surface area (Å²) in [5, 5.41) is 0. The van der Waals surface area contributed by atoms with Crippen LogP contribution in [0, 0.1) is 12.7 Å². The first-order valence-electron chi connectivity index (χ1n) is 4.46. The van der Waals surface area contributed by atoms with Gasteiger partial charge in [0.1, 0.15) is 11.7 Å². The maximum absolute atomic E-state index is 13.0.